The number of aromatic nitrogens is 3. The van der Waals surface area contributed by atoms with E-state index in [1.165, 1.54) is 31.2 Å². The van der Waals surface area contributed by atoms with Gasteiger partial charge in [0.1, 0.15) is 42.3 Å². The Balaban J connectivity index is 1.20. The summed E-state index contributed by atoms with van der Waals surface area (Å²) in [6, 6.07) is -1.65. The number of aromatic amines is 2. The minimum atomic E-state index is -1.41. The maximum atomic E-state index is 14.5. The van der Waals surface area contributed by atoms with Crippen molar-refractivity contribution >= 4 is 106 Å². The molecule has 0 bridgehead atoms. The Morgan fingerprint density at radius 3 is 1.64 bits per heavy atom. The van der Waals surface area contributed by atoms with Gasteiger partial charge in [-0.1, -0.05) is 45.9 Å². The molecule has 1 aliphatic heterocycles. The molecule has 3 heterocycles. The number of nitrogens with two attached hydrogens (primary N) is 2. The fourth-order valence-corrected chi connectivity index (χ4v) is 12.6. The summed E-state index contributed by atoms with van der Waals surface area (Å²) in [7, 11) is 0. The number of imidazole rings is 1. The van der Waals surface area contributed by atoms with Crippen molar-refractivity contribution in [2.45, 2.75) is 141 Å². The number of nitrogens with zero attached hydrogens (tertiary/aromatic N) is 5. The third-order valence-corrected chi connectivity index (χ3v) is 18.5. The third kappa shape index (κ3) is 30.3. The summed E-state index contributed by atoms with van der Waals surface area (Å²) in [6.45, 7) is 8.70. The predicted octanol–water partition coefficient (Wildman–Crippen LogP) is -3.19. The van der Waals surface area contributed by atoms with Crippen LogP contribution < -0.4 is 59.3 Å². The fourth-order valence-electron chi connectivity index (χ4n) is 12.1. The largest absolute Gasteiger partial charge is 0.480 e. The van der Waals surface area contributed by atoms with Gasteiger partial charge in [-0.15, -0.1) is 0 Å². The number of carboxylic acid groups (broad SMARTS) is 3. The summed E-state index contributed by atoms with van der Waals surface area (Å²) < 4.78 is 0. The first-order valence-electron chi connectivity index (χ1n) is 34.7. The SMILES string of the molecule is CSCC[C@H](NC(=O)[C@H](CC(C)C)NC(=O)[C@H](Cc1cnc[nH]1)NC(=O)CNC(=O)[C@@H](NC(=O)[C@H](C)NC(=O)[C@H](Cc1c[nH]c2ccccc12)NC(=O)[C@H](CCC(N)=O)NC(=O)C1CCC(CNC(=O)CN2CCN(CC(=O)O)CCN(CC(=O)O)CCN(CC(=O)O)CC2)CC1)C(C)C)C(N)=O. The van der Waals surface area contributed by atoms with E-state index < -0.39 is 138 Å². The topological polar surface area (TPSA) is 517 Å². The predicted molar refractivity (Wildman–Crippen MR) is 379 cm³/mol. The smallest absolute Gasteiger partial charge is 0.317 e. The van der Waals surface area contributed by atoms with Crippen molar-refractivity contribution < 1.29 is 82.4 Å². The van der Waals surface area contributed by atoms with Crippen molar-refractivity contribution in [1.29, 1.82) is 0 Å². The Morgan fingerprint density at radius 1 is 0.573 bits per heavy atom. The van der Waals surface area contributed by atoms with Gasteiger partial charge in [0.25, 0.3) is 0 Å². The minimum Gasteiger partial charge on any atom is -0.480 e. The van der Waals surface area contributed by atoms with Crippen molar-refractivity contribution in [3.05, 3.63) is 54.2 Å². The molecule has 36 heteroatoms. The van der Waals surface area contributed by atoms with Gasteiger partial charge in [-0.25, -0.2) is 4.98 Å². The van der Waals surface area contributed by atoms with Crippen molar-refractivity contribution in [3.8, 4) is 0 Å². The summed E-state index contributed by atoms with van der Waals surface area (Å²) in [5, 5.41) is 53.6. The summed E-state index contributed by atoms with van der Waals surface area (Å²) in [4.78, 5) is 202. The fraction of sp³-hybridized carbons (Fsp3) is 0.627. The van der Waals surface area contributed by atoms with E-state index in [2.05, 4.69) is 62.8 Å². The van der Waals surface area contributed by atoms with E-state index in [0.29, 0.717) is 42.7 Å². The molecule has 1 saturated heterocycles. The Labute approximate surface area is 602 Å². The second kappa shape index (κ2) is 43.0. The van der Waals surface area contributed by atoms with Crippen molar-refractivity contribution in [2.24, 2.45) is 35.1 Å². The quantitative estimate of drug-likeness (QED) is 0.0267. The van der Waals surface area contributed by atoms with Crippen molar-refractivity contribution in [2.75, 3.05) is 104 Å². The van der Waals surface area contributed by atoms with Gasteiger partial charge >= 0.3 is 17.9 Å². The highest BCUT2D eigenvalue weighted by Gasteiger charge is 2.36. The van der Waals surface area contributed by atoms with Gasteiger partial charge in [0.15, 0.2) is 0 Å². The highest BCUT2D eigenvalue weighted by Crippen LogP contribution is 2.29. The van der Waals surface area contributed by atoms with Gasteiger partial charge in [-0.2, -0.15) is 11.8 Å². The number of carbonyl (C=O) groups excluding carboxylic acids is 11. The van der Waals surface area contributed by atoms with E-state index in [9.17, 15) is 82.4 Å². The monoisotopic (exact) mass is 1460 g/mol. The molecule has 18 N–H and O–H groups in total. The Hall–Kier alpha value is -9.26. The molecule has 2 aliphatic rings. The molecule has 0 unspecified atom stereocenters. The maximum Gasteiger partial charge on any atom is 0.317 e. The molecule has 2 fully saturated rings. The van der Waals surface area contributed by atoms with Crippen LogP contribution in [0.15, 0.2) is 43.0 Å². The molecule has 1 aliphatic carbocycles. The number of carbonyl (C=O) groups is 14. The van der Waals surface area contributed by atoms with E-state index in [0.717, 1.165) is 10.9 Å². The van der Waals surface area contributed by atoms with Crippen LogP contribution in [0.1, 0.15) is 97.2 Å². The maximum absolute atomic E-state index is 14.5. The zero-order chi connectivity index (χ0) is 75.9. The number of benzene rings is 1. The minimum absolute atomic E-state index is 0.0416. The van der Waals surface area contributed by atoms with E-state index in [1.807, 2.05) is 31.1 Å². The molecule has 103 heavy (non-hydrogen) atoms. The highest BCUT2D eigenvalue weighted by atomic mass is 32.2. The molecule has 0 radical (unpaired) electrons. The number of primary amides is 2. The van der Waals surface area contributed by atoms with Crippen LogP contribution in [0.2, 0.25) is 0 Å². The van der Waals surface area contributed by atoms with Crippen LogP contribution in [0.4, 0.5) is 0 Å². The van der Waals surface area contributed by atoms with Crippen LogP contribution in [0.25, 0.3) is 10.9 Å². The Kier molecular flexibility index (Phi) is 35.2. The van der Waals surface area contributed by atoms with Gasteiger partial charge in [0, 0.05) is 113 Å². The second-order valence-corrected chi connectivity index (χ2v) is 28.0. The van der Waals surface area contributed by atoms with E-state index >= 15 is 0 Å². The number of nitrogens with one attached hydrogen (secondary N) is 11. The van der Waals surface area contributed by atoms with E-state index in [4.69, 9.17) is 11.5 Å². The van der Waals surface area contributed by atoms with Crippen LogP contribution in [-0.2, 0) is 80.0 Å². The summed E-state index contributed by atoms with van der Waals surface area (Å²) >= 11 is 1.46. The van der Waals surface area contributed by atoms with E-state index in [-0.39, 0.29) is 141 Å². The number of carboxylic acids is 3. The van der Waals surface area contributed by atoms with Gasteiger partial charge in [0.05, 0.1) is 39.1 Å². The van der Waals surface area contributed by atoms with Crippen molar-refractivity contribution in [3.63, 3.8) is 0 Å². The zero-order valence-corrected chi connectivity index (χ0v) is 60.2. The number of H-pyrrole nitrogens is 2. The molecule has 570 valence electrons. The number of thioether (sulfide) groups is 1. The molecule has 0 spiro atoms. The van der Waals surface area contributed by atoms with Gasteiger partial charge < -0.3 is 84.6 Å². The summed E-state index contributed by atoms with van der Waals surface area (Å²) in [5.74, 6) is -11.9. The zero-order valence-electron chi connectivity index (χ0n) is 59.4. The van der Waals surface area contributed by atoms with Gasteiger partial charge in [-0.05, 0) is 93.3 Å². The first-order chi connectivity index (χ1) is 48.9. The molecule has 7 atom stereocenters. The average molecular weight is 1470 g/mol. The molecule has 2 aromatic heterocycles. The van der Waals surface area contributed by atoms with Crippen LogP contribution in [0.5, 0.6) is 0 Å². The van der Waals surface area contributed by atoms with Crippen LogP contribution in [-0.4, -0.2) is 279 Å². The molecule has 35 nitrogen and oxygen atoms in total. The standard InChI is InChI=1S/C67H104N18O17S/c1-39(2)27-50(65(100)77-48(60(69)95)17-26-103-6)79-66(101)52(29-45-32-70-38-74-45)76-54(87)33-73-67(102)59(40(3)4)81-61(96)41(5)75-64(99)51(28-44-31-71-47-10-8-7-9-46(44)47)80-63(98)49(15-16-53(68)86)78-62(97)43-13-11-42(12-14-43)30-72-55(88)34-82-18-20-83(35-56(89)90)22-24-85(37-58(93)94)25-23-84(21-19-82)36-57(91)92/h7-10,31-32,38-43,48-52,59,71H,11-30,33-37H2,1-6H3,(H2,68,86)(H2,69,95)(H,70,74)(H,72,88)(H,73,102)(H,75,99)(H,76,87)(H,77,100)(H,78,97)(H,79,101)(H,80,98)(H,81,96)(H,89,90)(H,91,92)(H,93,94)/t41-,42?,43?,48-,49-,50-,51-,52-,59-/m0/s1. The molecule has 11 amide bonds. The number of hydrogen-bond donors (Lipinski definition) is 16. The number of fused-ring (bicyclic) bond motifs is 1. The number of amides is 11. The molecule has 1 saturated carbocycles. The average Bonchev–Trinajstić information content (AvgIpc) is 1.51. The highest BCUT2D eigenvalue weighted by molar-refractivity contribution is 7.98. The Bertz CT molecular complexity index is 3330. The lowest BCUT2D eigenvalue weighted by Gasteiger charge is -2.33. The lowest BCUT2D eigenvalue weighted by Crippen LogP contribution is -2.59. The number of hydrogen-bond acceptors (Lipinski definition) is 20. The third-order valence-electron chi connectivity index (χ3n) is 17.9. The molecular formula is C67H104N18O17S. The van der Waals surface area contributed by atoms with Gasteiger partial charge in [0.2, 0.25) is 65.0 Å². The number of aliphatic carboxylic acids is 3. The van der Waals surface area contributed by atoms with Gasteiger partial charge in [-0.3, -0.25) is 86.7 Å². The number of rotatable bonds is 40. The molecule has 3 aromatic rings. The Morgan fingerprint density at radius 2 is 1.11 bits per heavy atom. The summed E-state index contributed by atoms with van der Waals surface area (Å²) in [5.41, 5.74) is 12.9. The molecule has 1 aromatic carbocycles. The molecule has 5 rings (SSSR count). The lowest BCUT2D eigenvalue weighted by atomic mass is 9.81. The second-order valence-electron chi connectivity index (χ2n) is 27.0. The van der Waals surface area contributed by atoms with Crippen LogP contribution >= 0.6 is 11.8 Å². The first kappa shape index (κ1) is 84.4. The van der Waals surface area contributed by atoms with E-state index in [1.54, 1.807) is 52.9 Å². The van der Waals surface area contributed by atoms with Crippen LogP contribution in [0, 0.1) is 23.7 Å². The number of para-hydroxylation sites is 1. The molecular weight excluding hydrogens is 1360 g/mol. The van der Waals surface area contributed by atoms with Crippen LogP contribution in [0.3, 0.4) is 0 Å². The normalized spacial score (nSPS) is 18.0. The lowest BCUT2D eigenvalue weighted by molar-refractivity contribution is -0.140. The summed E-state index contributed by atoms with van der Waals surface area (Å²) in [6.07, 6.45) is 7.66. The first-order valence-corrected chi connectivity index (χ1v) is 36.1. The van der Waals surface area contributed by atoms with Crippen molar-refractivity contribution in [1.82, 2.24) is 82.4 Å².